The molecule has 3 rings (SSSR count). The summed E-state index contributed by atoms with van der Waals surface area (Å²) < 4.78 is 0. The van der Waals surface area contributed by atoms with Crippen LogP contribution in [0, 0.1) is 0 Å². The second kappa shape index (κ2) is 5.59. The van der Waals surface area contributed by atoms with Crippen molar-refractivity contribution in [2.24, 2.45) is 0 Å². The Hall–Kier alpha value is -1.58. The van der Waals surface area contributed by atoms with Crippen molar-refractivity contribution in [2.45, 2.75) is 0 Å². The van der Waals surface area contributed by atoms with Gasteiger partial charge in [-0.2, -0.15) is 0 Å². The number of anilines is 1. The molecule has 1 heterocycles. The Morgan fingerprint density at radius 2 is 1.79 bits per heavy atom. The number of hydrogen-bond donors (Lipinski definition) is 1. The van der Waals surface area contributed by atoms with Crippen molar-refractivity contribution in [3.8, 4) is 0 Å². The van der Waals surface area contributed by atoms with Crippen LogP contribution in [-0.4, -0.2) is 44.8 Å². The Labute approximate surface area is 114 Å². The predicted molar refractivity (Wildman–Crippen MR) is 81.7 cm³/mol. The van der Waals surface area contributed by atoms with Crippen molar-refractivity contribution in [3.05, 3.63) is 42.5 Å². The Morgan fingerprint density at radius 3 is 2.58 bits per heavy atom. The zero-order valence-corrected chi connectivity index (χ0v) is 11.5. The number of hydrogen-bond acceptors (Lipinski definition) is 3. The van der Waals surface area contributed by atoms with Crippen molar-refractivity contribution in [1.82, 2.24) is 10.2 Å². The Balaban J connectivity index is 1.75. The highest BCUT2D eigenvalue weighted by atomic mass is 15.3. The molecule has 0 spiro atoms. The summed E-state index contributed by atoms with van der Waals surface area (Å²) in [5.74, 6) is 0. The van der Waals surface area contributed by atoms with Crippen LogP contribution >= 0.6 is 0 Å². The number of rotatable bonds is 3. The molecule has 0 aliphatic carbocycles. The average Bonchev–Trinajstić information content (AvgIpc) is 2.48. The predicted octanol–water partition coefficient (Wildman–Crippen LogP) is 2.14. The van der Waals surface area contributed by atoms with Gasteiger partial charge in [0.25, 0.3) is 0 Å². The molecular weight excluding hydrogens is 234 g/mol. The fourth-order valence-electron chi connectivity index (χ4n) is 2.65. The maximum atomic E-state index is 3.39. The molecule has 2 aromatic rings. The molecule has 0 aromatic heterocycles. The van der Waals surface area contributed by atoms with Crippen molar-refractivity contribution in [1.29, 1.82) is 0 Å². The SMILES string of the molecule is CN(CN1CCNCC1)c1ccc2ccccc2c1. The van der Waals surface area contributed by atoms with Crippen LogP contribution in [0.3, 0.4) is 0 Å². The first-order valence-electron chi connectivity index (χ1n) is 6.96. The second-order valence-electron chi connectivity index (χ2n) is 5.24. The topological polar surface area (TPSA) is 18.5 Å². The maximum absolute atomic E-state index is 3.39. The van der Waals surface area contributed by atoms with Crippen molar-refractivity contribution in [3.63, 3.8) is 0 Å². The Kier molecular flexibility index (Phi) is 3.67. The van der Waals surface area contributed by atoms with Gasteiger partial charge in [-0.25, -0.2) is 0 Å². The van der Waals surface area contributed by atoms with E-state index in [2.05, 4.69) is 64.6 Å². The first-order valence-corrected chi connectivity index (χ1v) is 6.96. The summed E-state index contributed by atoms with van der Waals surface area (Å²) in [6.45, 7) is 5.48. The van der Waals surface area contributed by atoms with E-state index >= 15 is 0 Å². The van der Waals surface area contributed by atoms with Crippen molar-refractivity contribution < 1.29 is 0 Å². The van der Waals surface area contributed by atoms with E-state index < -0.39 is 0 Å². The van der Waals surface area contributed by atoms with Gasteiger partial charge in [-0.15, -0.1) is 0 Å². The number of nitrogens with zero attached hydrogens (tertiary/aromatic N) is 2. The van der Waals surface area contributed by atoms with Crippen LogP contribution in [0.4, 0.5) is 5.69 Å². The smallest absolute Gasteiger partial charge is 0.0704 e. The fourth-order valence-corrected chi connectivity index (χ4v) is 2.65. The molecule has 0 unspecified atom stereocenters. The van der Waals surface area contributed by atoms with Gasteiger partial charge in [0.05, 0.1) is 6.67 Å². The van der Waals surface area contributed by atoms with Gasteiger partial charge in [0.15, 0.2) is 0 Å². The van der Waals surface area contributed by atoms with E-state index in [9.17, 15) is 0 Å². The molecule has 3 nitrogen and oxygen atoms in total. The fraction of sp³-hybridized carbons (Fsp3) is 0.375. The maximum Gasteiger partial charge on any atom is 0.0704 e. The first kappa shape index (κ1) is 12.5. The molecule has 1 aliphatic rings. The van der Waals surface area contributed by atoms with E-state index in [1.54, 1.807) is 0 Å². The molecule has 1 saturated heterocycles. The molecule has 0 bridgehead atoms. The molecular formula is C16H21N3. The van der Waals surface area contributed by atoms with Gasteiger partial charge in [-0.3, -0.25) is 4.90 Å². The van der Waals surface area contributed by atoms with Crippen LogP contribution in [0.1, 0.15) is 0 Å². The molecule has 1 aliphatic heterocycles. The van der Waals surface area contributed by atoms with Crippen LogP contribution in [0.15, 0.2) is 42.5 Å². The van der Waals surface area contributed by atoms with Gasteiger partial charge in [0.1, 0.15) is 0 Å². The van der Waals surface area contributed by atoms with Gasteiger partial charge >= 0.3 is 0 Å². The summed E-state index contributed by atoms with van der Waals surface area (Å²) in [4.78, 5) is 4.82. The average molecular weight is 255 g/mol. The van der Waals surface area contributed by atoms with Gasteiger partial charge < -0.3 is 10.2 Å². The summed E-state index contributed by atoms with van der Waals surface area (Å²) in [6.07, 6.45) is 0. The van der Waals surface area contributed by atoms with Crippen molar-refractivity contribution in [2.75, 3.05) is 44.8 Å². The molecule has 0 amide bonds. The lowest BCUT2D eigenvalue weighted by Crippen LogP contribution is -2.47. The number of benzene rings is 2. The molecule has 0 atom stereocenters. The van der Waals surface area contributed by atoms with Crippen LogP contribution in [0.2, 0.25) is 0 Å². The largest absolute Gasteiger partial charge is 0.362 e. The van der Waals surface area contributed by atoms with Gasteiger partial charge in [-0.1, -0.05) is 30.3 Å². The highest BCUT2D eigenvalue weighted by Crippen LogP contribution is 2.21. The van der Waals surface area contributed by atoms with Crippen LogP contribution < -0.4 is 10.2 Å². The molecule has 1 N–H and O–H groups in total. The van der Waals surface area contributed by atoms with E-state index in [-0.39, 0.29) is 0 Å². The van der Waals surface area contributed by atoms with Crippen LogP contribution in [0.5, 0.6) is 0 Å². The summed E-state index contributed by atoms with van der Waals surface area (Å²) in [5, 5.41) is 6.01. The van der Waals surface area contributed by atoms with E-state index in [1.807, 2.05) is 0 Å². The standard InChI is InChI=1S/C16H21N3/c1-18(13-19-10-8-17-9-11-19)16-7-6-14-4-2-3-5-15(14)12-16/h2-7,12,17H,8-11,13H2,1H3. The Morgan fingerprint density at radius 1 is 1.05 bits per heavy atom. The lowest BCUT2D eigenvalue weighted by Gasteiger charge is -2.32. The van der Waals surface area contributed by atoms with Crippen LogP contribution in [-0.2, 0) is 0 Å². The minimum atomic E-state index is 1.00. The molecule has 1 fully saturated rings. The van der Waals surface area contributed by atoms with Gasteiger partial charge in [0.2, 0.25) is 0 Å². The second-order valence-corrected chi connectivity index (χ2v) is 5.24. The monoisotopic (exact) mass is 255 g/mol. The highest BCUT2D eigenvalue weighted by Gasteiger charge is 2.11. The molecule has 0 radical (unpaired) electrons. The normalized spacial score (nSPS) is 16.7. The lowest BCUT2D eigenvalue weighted by molar-refractivity contribution is 0.243. The van der Waals surface area contributed by atoms with Gasteiger partial charge in [0, 0.05) is 38.9 Å². The van der Waals surface area contributed by atoms with Gasteiger partial charge in [-0.05, 0) is 22.9 Å². The van der Waals surface area contributed by atoms with E-state index in [4.69, 9.17) is 0 Å². The quantitative estimate of drug-likeness (QED) is 0.906. The van der Waals surface area contributed by atoms with Crippen molar-refractivity contribution >= 4 is 16.5 Å². The third-order valence-corrected chi connectivity index (χ3v) is 3.80. The third kappa shape index (κ3) is 2.88. The molecule has 0 saturated carbocycles. The summed E-state index contributed by atoms with van der Waals surface area (Å²) in [7, 11) is 2.17. The molecule has 19 heavy (non-hydrogen) atoms. The summed E-state index contributed by atoms with van der Waals surface area (Å²) in [5.41, 5.74) is 1.29. The highest BCUT2D eigenvalue weighted by molar-refractivity contribution is 5.85. The minimum Gasteiger partial charge on any atom is -0.362 e. The number of nitrogens with one attached hydrogen (secondary N) is 1. The number of piperazine rings is 1. The molecule has 2 aromatic carbocycles. The van der Waals surface area contributed by atoms with E-state index in [1.165, 1.54) is 16.5 Å². The van der Waals surface area contributed by atoms with E-state index in [0.29, 0.717) is 0 Å². The van der Waals surface area contributed by atoms with Crippen LogP contribution in [0.25, 0.3) is 10.8 Å². The molecule has 100 valence electrons. The number of fused-ring (bicyclic) bond motifs is 1. The minimum absolute atomic E-state index is 1.00. The third-order valence-electron chi connectivity index (χ3n) is 3.80. The zero-order valence-electron chi connectivity index (χ0n) is 11.5. The summed E-state index contributed by atoms with van der Waals surface area (Å²) >= 11 is 0. The van der Waals surface area contributed by atoms with E-state index in [0.717, 1.165) is 32.8 Å². The Bertz CT molecular complexity index is 546. The summed E-state index contributed by atoms with van der Waals surface area (Å²) in [6, 6.07) is 15.2. The molecule has 3 heteroatoms. The first-order chi connectivity index (χ1) is 9.33. The zero-order chi connectivity index (χ0) is 13.1. The lowest BCUT2D eigenvalue weighted by atomic mass is 10.1.